The number of nitrogens with zero attached hydrogens (tertiary/aromatic N) is 2. The summed E-state index contributed by atoms with van der Waals surface area (Å²) in [6.45, 7) is 4.66. The zero-order valence-corrected chi connectivity index (χ0v) is 11.9. The molecule has 1 aliphatic heterocycles. The lowest BCUT2D eigenvalue weighted by Gasteiger charge is -2.30. The van der Waals surface area contributed by atoms with E-state index in [1.807, 2.05) is 0 Å². The van der Waals surface area contributed by atoms with E-state index in [-0.39, 0.29) is 21.6 Å². The Kier molecular flexibility index (Phi) is 3.38. The first-order valence-corrected chi connectivity index (χ1v) is 6.44. The van der Waals surface area contributed by atoms with Crippen molar-refractivity contribution in [2.24, 2.45) is 0 Å². The molecule has 0 fully saturated rings. The van der Waals surface area contributed by atoms with Crippen molar-refractivity contribution in [3.8, 4) is 0 Å². The molecule has 0 bridgehead atoms. The first-order chi connectivity index (χ1) is 9.19. The maximum atomic E-state index is 11.8. The Balaban J connectivity index is 2.37. The van der Waals surface area contributed by atoms with Gasteiger partial charge < -0.3 is 26.0 Å². The zero-order valence-electron chi connectivity index (χ0n) is 11.1. The Bertz CT molecular complexity index is 615. The SMILES string of the molecule is Cc1nc(N)nc(SC2=C(O)OC(C)(C)OC2=O)c1N. The molecule has 8 nitrogen and oxygen atoms in total. The first-order valence-electron chi connectivity index (χ1n) is 5.62. The second-order valence-electron chi connectivity index (χ2n) is 4.51. The normalized spacial score (nSPS) is 17.6. The Morgan fingerprint density at radius 1 is 1.25 bits per heavy atom. The maximum Gasteiger partial charge on any atom is 0.355 e. The molecule has 0 aromatic carbocycles. The summed E-state index contributed by atoms with van der Waals surface area (Å²) < 4.78 is 10.1. The number of rotatable bonds is 2. The minimum absolute atomic E-state index is 0.0183. The number of ether oxygens (including phenoxy) is 2. The van der Waals surface area contributed by atoms with Crippen LogP contribution in [0.1, 0.15) is 19.5 Å². The Hall–Kier alpha value is -2.16. The number of nitrogen functional groups attached to an aromatic ring is 2. The highest BCUT2D eigenvalue weighted by Crippen LogP contribution is 2.37. The van der Waals surface area contributed by atoms with Gasteiger partial charge in [0, 0.05) is 13.8 Å². The Morgan fingerprint density at radius 3 is 2.50 bits per heavy atom. The minimum Gasteiger partial charge on any atom is -0.480 e. The minimum atomic E-state index is -1.22. The van der Waals surface area contributed by atoms with Gasteiger partial charge in [0.1, 0.15) is 5.03 Å². The number of aliphatic hydroxyl groups excluding tert-OH is 1. The van der Waals surface area contributed by atoms with Gasteiger partial charge in [-0.15, -0.1) is 0 Å². The largest absolute Gasteiger partial charge is 0.480 e. The number of esters is 1. The number of thioether (sulfide) groups is 1. The highest BCUT2D eigenvalue weighted by atomic mass is 32.2. The molecule has 20 heavy (non-hydrogen) atoms. The van der Waals surface area contributed by atoms with Crippen molar-refractivity contribution in [1.82, 2.24) is 9.97 Å². The number of aromatic nitrogens is 2. The molecular weight excluding hydrogens is 284 g/mol. The van der Waals surface area contributed by atoms with E-state index in [4.69, 9.17) is 20.9 Å². The van der Waals surface area contributed by atoms with Gasteiger partial charge in [-0.3, -0.25) is 0 Å². The number of anilines is 2. The van der Waals surface area contributed by atoms with Crippen LogP contribution < -0.4 is 11.5 Å². The van der Waals surface area contributed by atoms with Crippen LogP contribution in [0.3, 0.4) is 0 Å². The third-order valence-electron chi connectivity index (χ3n) is 2.38. The average Bonchev–Trinajstić information content (AvgIpc) is 2.28. The van der Waals surface area contributed by atoms with Gasteiger partial charge in [0.2, 0.25) is 5.95 Å². The molecule has 0 radical (unpaired) electrons. The summed E-state index contributed by atoms with van der Waals surface area (Å²) in [7, 11) is 0. The fourth-order valence-electron chi connectivity index (χ4n) is 1.49. The van der Waals surface area contributed by atoms with E-state index in [1.165, 1.54) is 13.8 Å². The molecule has 0 atom stereocenters. The van der Waals surface area contributed by atoms with Gasteiger partial charge in [0.05, 0.1) is 11.4 Å². The highest BCUT2D eigenvalue weighted by Gasteiger charge is 2.37. The van der Waals surface area contributed by atoms with E-state index in [0.29, 0.717) is 5.69 Å². The summed E-state index contributed by atoms with van der Waals surface area (Å²) >= 11 is 0.810. The number of nitrogens with two attached hydrogens (primary N) is 2. The van der Waals surface area contributed by atoms with Crippen LogP contribution in [0, 0.1) is 6.92 Å². The van der Waals surface area contributed by atoms with Crippen molar-refractivity contribution in [3.63, 3.8) is 0 Å². The monoisotopic (exact) mass is 298 g/mol. The molecule has 2 rings (SSSR count). The van der Waals surface area contributed by atoms with E-state index in [2.05, 4.69) is 9.97 Å². The van der Waals surface area contributed by atoms with E-state index in [9.17, 15) is 9.90 Å². The van der Waals surface area contributed by atoms with Crippen LogP contribution >= 0.6 is 11.8 Å². The van der Waals surface area contributed by atoms with E-state index >= 15 is 0 Å². The van der Waals surface area contributed by atoms with Gasteiger partial charge in [-0.2, -0.15) is 0 Å². The number of carbonyl (C=O) groups is 1. The molecule has 0 spiro atoms. The first kappa shape index (κ1) is 14.3. The Labute approximate surface area is 119 Å². The third kappa shape index (κ3) is 2.72. The number of cyclic esters (lactones) is 1. The van der Waals surface area contributed by atoms with Crippen LogP contribution in [0.25, 0.3) is 0 Å². The number of aryl methyl sites for hydroxylation is 1. The molecule has 0 saturated heterocycles. The smallest absolute Gasteiger partial charge is 0.355 e. The molecule has 2 heterocycles. The van der Waals surface area contributed by atoms with Crippen LogP contribution in [0.4, 0.5) is 11.6 Å². The average molecular weight is 298 g/mol. The lowest BCUT2D eigenvalue weighted by molar-refractivity contribution is -0.219. The molecular formula is C11H14N4O4S. The van der Waals surface area contributed by atoms with Crippen LogP contribution in [0.5, 0.6) is 0 Å². The van der Waals surface area contributed by atoms with Crippen molar-refractivity contribution in [3.05, 3.63) is 16.5 Å². The van der Waals surface area contributed by atoms with E-state index in [0.717, 1.165) is 11.8 Å². The molecule has 0 saturated carbocycles. The summed E-state index contributed by atoms with van der Waals surface area (Å²) in [5.74, 6) is -2.47. The van der Waals surface area contributed by atoms with Crippen molar-refractivity contribution in [2.45, 2.75) is 31.6 Å². The number of aliphatic hydroxyl groups is 1. The summed E-state index contributed by atoms with van der Waals surface area (Å²) in [6.07, 6.45) is 0. The maximum absolute atomic E-state index is 11.8. The third-order valence-corrected chi connectivity index (χ3v) is 3.43. The standard InChI is InChI=1S/C11H14N4O4S/c1-4-5(12)7(15-10(13)14-4)20-6-8(16)18-11(2,3)19-9(6)17/h16H,12H2,1-3H3,(H2,13,14,15). The van der Waals surface area contributed by atoms with Crippen molar-refractivity contribution >= 4 is 29.4 Å². The van der Waals surface area contributed by atoms with Gasteiger partial charge in [-0.1, -0.05) is 11.8 Å². The summed E-state index contributed by atoms with van der Waals surface area (Å²) in [5, 5.41) is 10.0. The van der Waals surface area contributed by atoms with Crippen molar-refractivity contribution < 1.29 is 19.4 Å². The molecule has 0 unspecified atom stereocenters. The Morgan fingerprint density at radius 2 is 1.90 bits per heavy atom. The van der Waals surface area contributed by atoms with Crippen molar-refractivity contribution in [1.29, 1.82) is 0 Å². The molecule has 1 aromatic rings. The highest BCUT2D eigenvalue weighted by molar-refractivity contribution is 8.04. The zero-order chi connectivity index (χ0) is 15.1. The molecule has 1 aromatic heterocycles. The van der Waals surface area contributed by atoms with Gasteiger partial charge in [0.25, 0.3) is 5.79 Å². The number of hydrogen-bond donors (Lipinski definition) is 3. The molecule has 0 aliphatic carbocycles. The fraction of sp³-hybridized carbons (Fsp3) is 0.364. The van der Waals surface area contributed by atoms with Gasteiger partial charge in [-0.25, -0.2) is 14.8 Å². The summed E-state index contributed by atoms with van der Waals surface area (Å²) in [5.41, 5.74) is 12.1. The van der Waals surface area contributed by atoms with Crippen LogP contribution in [-0.4, -0.2) is 26.8 Å². The predicted octanol–water partition coefficient (Wildman–Crippen LogP) is 1.08. The summed E-state index contributed by atoms with van der Waals surface area (Å²) in [4.78, 5) is 19.5. The topological polar surface area (TPSA) is 134 Å². The van der Waals surface area contributed by atoms with Crippen LogP contribution in [0.15, 0.2) is 15.9 Å². The molecule has 9 heteroatoms. The van der Waals surface area contributed by atoms with Gasteiger partial charge in [-0.05, 0) is 6.92 Å². The van der Waals surface area contributed by atoms with Gasteiger partial charge >= 0.3 is 11.9 Å². The lowest BCUT2D eigenvalue weighted by atomic mass is 10.3. The lowest BCUT2D eigenvalue weighted by Crippen LogP contribution is -2.36. The molecule has 5 N–H and O–H groups in total. The molecule has 1 aliphatic rings. The molecule has 108 valence electrons. The van der Waals surface area contributed by atoms with Crippen molar-refractivity contribution in [2.75, 3.05) is 11.5 Å². The fourth-order valence-corrected chi connectivity index (χ4v) is 2.34. The van der Waals surface area contributed by atoms with E-state index in [1.54, 1.807) is 6.92 Å². The predicted molar refractivity (Wildman–Crippen MR) is 72.4 cm³/mol. The van der Waals surface area contributed by atoms with Crippen LogP contribution in [-0.2, 0) is 14.3 Å². The van der Waals surface area contributed by atoms with Crippen LogP contribution in [0.2, 0.25) is 0 Å². The van der Waals surface area contributed by atoms with E-state index < -0.39 is 17.7 Å². The number of carbonyl (C=O) groups excluding carboxylic acids is 1. The second-order valence-corrected chi connectivity index (χ2v) is 5.51. The van der Waals surface area contributed by atoms with Gasteiger partial charge in [0.15, 0.2) is 4.91 Å². The number of hydrogen-bond acceptors (Lipinski definition) is 9. The summed E-state index contributed by atoms with van der Waals surface area (Å²) in [6, 6.07) is 0. The second kappa shape index (κ2) is 4.75. The quantitative estimate of drug-likeness (QED) is 0.541. The molecule has 0 amide bonds.